The summed E-state index contributed by atoms with van der Waals surface area (Å²) in [5.74, 6) is -0.499. The van der Waals surface area contributed by atoms with Gasteiger partial charge in [-0.1, -0.05) is 0 Å². The van der Waals surface area contributed by atoms with E-state index in [-0.39, 0.29) is 21.9 Å². The molecule has 0 aromatic carbocycles. The van der Waals surface area contributed by atoms with Gasteiger partial charge in [-0.3, -0.25) is 9.77 Å². The van der Waals surface area contributed by atoms with Crippen molar-refractivity contribution in [3.8, 4) is 0 Å². The number of H-pyrrole nitrogens is 2. The predicted molar refractivity (Wildman–Crippen MR) is 38.9 cm³/mol. The van der Waals surface area contributed by atoms with Crippen LogP contribution in [0.25, 0.3) is 11.2 Å². The van der Waals surface area contributed by atoms with Gasteiger partial charge in [0.25, 0.3) is 5.56 Å². The normalized spacial score (nSPS) is 15.3. The van der Waals surface area contributed by atoms with Gasteiger partial charge < -0.3 is 10.7 Å². The molecule has 0 spiro atoms. The van der Waals surface area contributed by atoms with Crippen molar-refractivity contribution in [3.05, 3.63) is 16.7 Å². The van der Waals surface area contributed by atoms with Gasteiger partial charge in [0.1, 0.15) is 0 Å². The van der Waals surface area contributed by atoms with Crippen molar-refractivity contribution in [3.63, 3.8) is 0 Å². The molecule has 2 aromatic heterocycles. The van der Waals surface area contributed by atoms with E-state index in [9.17, 15) is 4.79 Å². The molecule has 2 rings (SSSR count). The molecular formula is C5H5N5O. The van der Waals surface area contributed by atoms with Gasteiger partial charge in [0.2, 0.25) is 5.95 Å². The third-order valence-electron chi connectivity index (χ3n) is 1.19. The lowest BCUT2D eigenvalue weighted by atomic mass is 10.5. The number of aromatic amines is 2. The van der Waals surface area contributed by atoms with Crippen molar-refractivity contribution >= 4 is 17.1 Å². The molecule has 4 N–H and O–H groups in total. The molecule has 6 nitrogen and oxygen atoms in total. The highest BCUT2D eigenvalue weighted by atomic mass is 16.1. The van der Waals surface area contributed by atoms with Crippen LogP contribution in [0.15, 0.2) is 11.1 Å². The maximum absolute atomic E-state index is 11.4. The molecule has 0 saturated carbocycles. The smallest absolute Gasteiger partial charge is 0.280 e. The first-order chi connectivity index (χ1) is 7.02. The minimum Gasteiger partial charge on any atom is -0.369 e. The van der Waals surface area contributed by atoms with Crippen LogP contribution in [0, 0.1) is 0 Å². The summed E-state index contributed by atoms with van der Waals surface area (Å²) in [7, 11) is 0. The molecule has 0 saturated heterocycles. The first kappa shape index (κ1) is 3.04. The Hall–Kier alpha value is -1.85. The number of nitrogens with zero attached hydrogens (tertiary/aromatic N) is 2. The number of hydrogen-bond donors (Lipinski definition) is 3. The number of nitrogens with one attached hydrogen (secondary N) is 2. The molecule has 2 aromatic rings. The lowest BCUT2D eigenvalue weighted by Crippen LogP contribution is -2.10. The molecule has 0 aliphatic heterocycles. The molecule has 0 radical (unpaired) electrons. The molecule has 0 bridgehead atoms. The number of anilines is 1. The fourth-order valence-corrected chi connectivity index (χ4v) is 0.756. The fourth-order valence-electron chi connectivity index (χ4n) is 0.756. The van der Waals surface area contributed by atoms with Crippen LogP contribution in [0.3, 0.4) is 0 Å². The van der Waals surface area contributed by atoms with Gasteiger partial charge >= 0.3 is 0 Å². The predicted octanol–water partition coefficient (Wildman–Crippen LogP) is -0.772. The minimum atomic E-state index is -0.814. The highest BCUT2D eigenvalue weighted by Gasteiger charge is 2.01. The topological polar surface area (TPSA) is 100 Å². The van der Waals surface area contributed by atoms with Crippen LogP contribution < -0.4 is 11.3 Å². The van der Waals surface area contributed by atoms with Crippen molar-refractivity contribution in [2.24, 2.45) is 0 Å². The van der Waals surface area contributed by atoms with Crippen LogP contribution in [0.4, 0.5) is 5.95 Å². The third-order valence-corrected chi connectivity index (χ3v) is 1.19. The van der Waals surface area contributed by atoms with E-state index in [1.807, 2.05) is 0 Å². The summed E-state index contributed by atoms with van der Waals surface area (Å²) in [6, 6.07) is 0. The number of nitrogen functional groups attached to an aromatic ring is 1. The van der Waals surface area contributed by atoms with E-state index in [1.165, 1.54) is 0 Å². The summed E-state index contributed by atoms with van der Waals surface area (Å²) >= 11 is 0. The first-order valence-electron chi connectivity index (χ1n) is 4.57. The number of rotatable bonds is 1. The summed E-state index contributed by atoms with van der Waals surface area (Å²) in [5.41, 5.74) is -1.000. The molecule has 6 heteroatoms. The van der Waals surface area contributed by atoms with E-state index in [0.717, 1.165) is 11.3 Å². The molecule has 0 fully saturated rings. The van der Waals surface area contributed by atoms with E-state index < -0.39 is 11.5 Å². The van der Waals surface area contributed by atoms with Gasteiger partial charge in [0, 0.05) is 0 Å². The van der Waals surface area contributed by atoms with Gasteiger partial charge in [-0.15, -0.1) is 0 Å². The molecule has 0 unspecified atom stereocenters. The highest BCUT2D eigenvalue weighted by Crippen LogP contribution is 1.98. The Bertz CT molecular complexity index is 575. The van der Waals surface area contributed by atoms with Crippen LogP contribution in [0.5, 0.6) is 0 Å². The molecule has 0 atom stereocenters. The van der Waals surface area contributed by atoms with Gasteiger partial charge in [0.15, 0.2) is 16.8 Å². The second-order valence-corrected chi connectivity index (χ2v) is 1.87. The van der Waals surface area contributed by atoms with E-state index >= 15 is 0 Å². The quantitative estimate of drug-likeness (QED) is 0.503. The highest BCUT2D eigenvalue weighted by molar-refractivity contribution is 5.69. The zero-order valence-electron chi connectivity index (χ0n) is 9.22. The van der Waals surface area contributed by atoms with Crippen LogP contribution in [0.1, 0.15) is 0 Å². The van der Waals surface area contributed by atoms with Crippen molar-refractivity contribution in [2.45, 2.75) is 0 Å². The van der Waals surface area contributed by atoms with Crippen LogP contribution >= 0.6 is 0 Å². The SMILES string of the molecule is [2H]N([2H])c1nc2c(ncn2[2H])c(=O)n1[2H]. The number of imidazole rings is 1. The Morgan fingerprint density at radius 3 is 3.55 bits per heavy atom. The Labute approximate surface area is 66.3 Å². The lowest BCUT2D eigenvalue weighted by Gasteiger charge is -1.89. The van der Waals surface area contributed by atoms with Crippen LogP contribution in [0.2, 0.25) is 5.65 Å². The van der Waals surface area contributed by atoms with Crippen molar-refractivity contribution < 1.29 is 5.65 Å². The van der Waals surface area contributed by atoms with Gasteiger partial charge in [-0.25, -0.2) is 4.98 Å². The summed E-state index contributed by atoms with van der Waals surface area (Å²) < 4.78 is 28.4. The Kier molecular flexibility index (Phi) is 0.501. The summed E-state index contributed by atoms with van der Waals surface area (Å²) in [5, 5.41) is 0. The Balaban J connectivity index is 2.91. The maximum Gasteiger partial charge on any atom is 0.280 e. The monoisotopic (exact) mass is 155 g/mol. The molecule has 56 valence electrons. The summed E-state index contributed by atoms with van der Waals surface area (Å²) in [6.07, 6.45) is 1.06. The van der Waals surface area contributed by atoms with Crippen molar-refractivity contribution in [1.29, 1.82) is 0 Å². The lowest BCUT2D eigenvalue weighted by molar-refractivity contribution is 1.17. The van der Waals surface area contributed by atoms with E-state index in [4.69, 9.17) is 5.65 Å². The summed E-state index contributed by atoms with van der Waals surface area (Å²) in [4.78, 5) is 19.7. The number of fused-ring (bicyclic) bond motifs is 1. The number of hydrogen-bond acceptors (Lipinski definition) is 4. The molecule has 0 aliphatic rings. The van der Waals surface area contributed by atoms with Gasteiger partial charge in [-0.05, 0) is 0 Å². The van der Waals surface area contributed by atoms with E-state index in [2.05, 4.69) is 9.97 Å². The molecular weight excluding hydrogens is 146 g/mol. The fraction of sp³-hybridized carbons (Fsp3) is 0. The zero-order chi connectivity index (χ0) is 11.2. The van der Waals surface area contributed by atoms with E-state index in [1.54, 1.807) is 0 Å². The largest absolute Gasteiger partial charge is 0.369 e. The average molecular weight is 155 g/mol. The second kappa shape index (κ2) is 1.82. The standard InChI is InChI=1S/C5H5N5O/c6-5-9-3-2(4(11)10-5)7-1-8-3/h1H,(H4,6,7,8,9,10,11)/i/hD4. The number of nitrogens with two attached hydrogens (primary N) is 1. The first-order valence-corrected chi connectivity index (χ1v) is 2.79. The number of aromatic nitrogens is 4. The van der Waals surface area contributed by atoms with E-state index in [0.29, 0.717) is 0 Å². The van der Waals surface area contributed by atoms with Crippen LogP contribution in [-0.2, 0) is 0 Å². The Morgan fingerprint density at radius 1 is 1.82 bits per heavy atom. The maximum atomic E-state index is 11.4. The average Bonchev–Trinajstić information content (AvgIpc) is 2.53. The van der Waals surface area contributed by atoms with Gasteiger partial charge in [-0.2, -0.15) is 4.98 Å². The van der Waals surface area contributed by atoms with Crippen molar-refractivity contribution in [2.75, 3.05) is 5.72 Å². The molecule has 0 aliphatic carbocycles. The molecule has 11 heavy (non-hydrogen) atoms. The van der Waals surface area contributed by atoms with Gasteiger partial charge in [0.05, 0.1) is 6.33 Å². The Morgan fingerprint density at radius 2 is 2.73 bits per heavy atom. The molecule has 2 heterocycles. The minimum absolute atomic E-state index is 0.0286. The second-order valence-electron chi connectivity index (χ2n) is 1.87. The molecule has 0 amide bonds. The van der Waals surface area contributed by atoms with Crippen LogP contribution in [-0.4, -0.2) is 19.9 Å². The summed E-state index contributed by atoms with van der Waals surface area (Å²) in [6.45, 7) is 0. The van der Waals surface area contributed by atoms with Crippen molar-refractivity contribution in [1.82, 2.24) is 19.9 Å². The third kappa shape index (κ3) is 0.759. The zero-order valence-corrected chi connectivity index (χ0v) is 5.22.